The van der Waals surface area contributed by atoms with E-state index < -0.39 is 25.2 Å². The Morgan fingerprint density at radius 2 is 1.24 bits per heavy atom. The zero-order valence-corrected chi connectivity index (χ0v) is 26.4. The van der Waals surface area contributed by atoms with E-state index in [4.69, 9.17) is 24.7 Å². The van der Waals surface area contributed by atoms with Crippen LogP contribution in [0.1, 0.15) is 33.1 Å². The van der Waals surface area contributed by atoms with Gasteiger partial charge in [0, 0.05) is 0 Å². The maximum atomic E-state index is 11.3. The standard InChI is InChI=1S/C9H18B2N2O5.C9H16BNO4.C7H12BNO3/c1-11(17)12-2-3-18-7-4-8(9(14)15)13(5-7)6-10-16;1-7(13)9-4-8(15-3-2-12)5-11(9)6-10-14;1-5(10)7-2-6(11)3-9(7)4-8-12/h7-8,12,17H,2-6H2,1H3,(H,14,15);8-9,12H,2-6H2,1H3;6-7,11H,2-4H2,1H3/t7?,8-;8?,9-;6?,7-/m000/s1. The van der Waals surface area contributed by atoms with Gasteiger partial charge in [0.2, 0.25) is 0 Å². The summed E-state index contributed by atoms with van der Waals surface area (Å²) in [5.41, 5.74) is 0. The third kappa shape index (κ3) is 15.5. The Labute approximate surface area is 266 Å². The van der Waals surface area contributed by atoms with Gasteiger partial charge in [0.05, 0.1) is 0 Å². The number of nitrogens with zero attached hydrogens (tertiary/aromatic N) is 3. The second kappa shape index (κ2) is 22.6. The second-order valence-electron chi connectivity index (χ2n) is 11.2. The van der Waals surface area contributed by atoms with Crippen molar-refractivity contribution in [1.29, 1.82) is 0 Å². The molecule has 0 radical (unpaired) electrons. The van der Waals surface area contributed by atoms with Gasteiger partial charge in [-0.2, -0.15) is 0 Å². The van der Waals surface area contributed by atoms with Crippen molar-refractivity contribution in [1.82, 2.24) is 19.9 Å². The number of ether oxygens (including phenoxy) is 2. The number of aliphatic hydroxyl groups is 2. The molecule has 250 valence electrons. The number of carboxylic acids is 1. The van der Waals surface area contributed by atoms with Gasteiger partial charge in [-0.05, 0) is 0 Å². The van der Waals surface area contributed by atoms with E-state index in [1.165, 1.54) is 13.8 Å². The molecule has 0 saturated carbocycles. The molecular formula is C25H46B4N4O12. The molecule has 3 fully saturated rings. The Bertz CT molecular complexity index is 956. The molecule has 3 rings (SSSR count). The topological polar surface area (TPSA) is 224 Å². The fraction of sp³-hybridized carbons (Fsp3) is 0.880. The first-order valence-electron chi connectivity index (χ1n) is 15.1. The SMILES string of the molecule is CB(O)NCCOC1C[C@@H](C(=O)O)N(CB=O)C1.CC(=O)[C@@H]1CC(O)CN1CB=O.CC(=O)[C@@H]1CC(OCCO)CN1CB=O. The normalized spacial score (nSPS) is 26.4. The van der Waals surface area contributed by atoms with E-state index >= 15 is 0 Å². The molecule has 6 atom stereocenters. The van der Waals surface area contributed by atoms with Crippen molar-refractivity contribution >= 4 is 46.0 Å². The Morgan fingerprint density at radius 3 is 1.69 bits per heavy atom. The van der Waals surface area contributed by atoms with Crippen molar-refractivity contribution in [3.05, 3.63) is 0 Å². The molecule has 3 saturated heterocycles. The number of carboxylic acid groups (broad SMARTS) is 1. The quantitative estimate of drug-likeness (QED) is 0.0764. The molecule has 0 amide bonds. The van der Waals surface area contributed by atoms with Gasteiger partial charge in [-0.25, -0.2) is 0 Å². The van der Waals surface area contributed by atoms with Crippen LogP contribution >= 0.6 is 0 Å². The number of aliphatic hydroxyl groups excluding tert-OH is 2. The summed E-state index contributed by atoms with van der Waals surface area (Å²) in [7, 11) is 1.67. The Kier molecular flexibility index (Phi) is 20.7. The van der Waals surface area contributed by atoms with Crippen molar-refractivity contribution in [3.8, 4) is 0 Å². The molecule has 20 heteroatoms. The van der Waals surface area contributed by atoms with E-state index in [-0.39, 0.29) is 68.4 Å². The van der Waals surface area contributed by atoms with Crippen LogP contribution < -0.4 is 5.23 Å². The number of nitrogens with one attached hydrogen (secondary N) is 1. The minimum atomic E-state index is -0.926. The molecule has 3 aliphatic rings. The average Bonchev–Trinajstić information content (AvgIpc) is 3.68. The second-order valence-corrected chi connectivity index (χ2v) is 11.2. The monoisotopic (exact) mass is 638 g/mol. The van der Waals surface area contributed by atoms with E-state index in [9.17, 15) is 33.6 Å². The summed E-state index contributed by atoms with van der Waals surface area (Å²) in [5, 5.41) is 38.6. The molecule has 0 aromatic rings. The predicted octanol–water partition coefficient (Wildman–Crippen LogP) is -3.71. The molecule has 0 bridgehead atoms. The first kappa shape index (κ1) is 41.1. The summed E-state index contributed by atoms with van der Waals surface area (Å²) in [6, 6.07) is -1.12. The molecule has 3 unspecified atom stereocenters. The van der Waals surface area contributed by atoms with E-state index in [0.29, 0.717) is 59.2 Å². The van der Waals surface area contributed by atoms with Crippen molar-refractivity contribution in [3.63, 3.8) is 0 Å². The van der Waals surface area contributed by atoms with E-state index in [1.807, 2.05) is 4.90 Å². The number of ketones is 2. The third-order valence-corrected chi connectivity index (χ3v) is 7.60. The molecule has 3 aliphatic heterocycles. The minimum absolute atomic E-state index is 0.0189. The summed E-state index contributed by atoms with van der Waals surface area (Å²) in [6.07, 6.45) is 1.39. The van der Waals surface area contributed by atoms with Crippen LogP contribution in [-0.2, 0) is 38.0 Å². The van der Waals surface area contributed by atoms with Gasteiger partial charge >= 0.3 is 266 Å². The number of hydrogen-bond acceptors (Lipinski definition) is 15. The number of Topliss-reactive ketones (excluding diaryl/α,β-unsaturated/α-hetero) is 2. The van der Waals surface area contributed by atoms with Gasteiger partial charge in [-0.1, -0.05) is 0 Å². The summed E-state index contributed by atoms with van der Waals surface area (Å²) in [6.45, 7) is 7.26. The van der Waals surface area contributed by atoms with E-state index in [2.05, 4.69) is 5.23 Å². The van der Waals surface area contributed by atoms with E-state index in [0.717, 1.165) is 14.3 Å². The van der Waals surface area contributed by atoms with Gasteiger partial charge in [-0.3, -0.25) is 0 Å². The number of β-amino-alcohol motifs (C(OH)–C–C–N with tert-alkyl or cyclic N) is 1. The zero-order chi connectivity index (χ0) is 33.9. The molecular weight excluding hydrogens is 592 g/mol. The number of hydrogen-bond donors (Lipinski definition) is 5. The van der Waals surface area contributed by atoms with Crippen molar-refractivity contribution < 1.29 is 58.3 Å². The van der Waals surface area contributed by atoms with Crippen molar-refractivity contribution in [2.24, 2.45) is 0 Å². The maximum absolute atomic E-state index is 11.3. The number of carbonyl (C=O) groups excluding carboxylic acids is 2. The molecule has 0 aromatic heterocycles. The summed E-state index contributed by atoms with van der Waals surface area (Å²) in [5.74, 6) is -0.842. The van der Waals surface area contributed by atoms with Gasteiger partial charge in [0.25, 0.3) is 0 Å². The summed E-state index contributed by atoms with van der Waals surface area (Å²) < 4.78 is 41.9. The number of rotatable bonds is 17. The van der Waals surface area contributed by atoms with Crippen LogP contribution in [0.4, 0.5) is 0 Å². The molecule has 0 aliphatic carbocycles. The Hall–Kier alpha value is -1.89. The van der Waals surface area contributed by atoms with Gasteiger partial charge < -0.3 is 0 Å². The summed E-state index contributed by atoms with van der Waals surface area (Å²) >= 11 is 0. The van der Waals surface area contributed by atoms with Gasteiger partial charge in [-0.15, -0.1) is 0 Å². The van der Waals surface area contributed by atoms with Crippen molar-refractivity contribution in [2.75, 3.05) is 65.3 Å². The van der Waals surface area contributed by atoms with Crippen LogP contribution in [0.5, 0.6) is 0 Å². The number of aliphatic carboxylic acids is 1. The third-order valence-electron chi connectivity index (χ3n) is 7.60. The predicted molar refractivity (Wildman–Crippen MR) is 163 cm³/mol. The van der Waals surface area contributed by atoms with E-state index in [1.54, 1.807) is 16.6 Å². The Morgan fingerprint density at radius 1 is 0.800 bits per heavy atom. The van der Waals surface area contributed by atoms with Gasteiger partial charge in [0.15, 0.2) is 0 Å². The zero-order valence-electron chi connectivity index (χ0n) is 26.4. The average molecular weight is 638 g/mol. The van der Waals surface area contributed by atoms with Crippen LogP contribution in [0.15, 0.2) is 0 Å². The Balaban J connectivity index is 0.000000344. The fourth-order valence-corrected chi connectivity index (χ4v) is 5.55. The molecule has 0 aromatic carbocycles. The van der Waals surface area contributed by atoms with Crippen LogP contribution in [0.3, 0.4) is 0 Å². The fourth-order valence-electron chi connectivity index (χ4n) is 5.55. The molecule has 45 heavy (non-hydrogen) atoms. The molecule has 0 spiro atoms. The van der Waals surface area contributed by atoms with Crippen LogP contribution in [0.2, 0.25) is 6.82 Å². The number of carbonyl (C=O) groups is 3. The first-order valence-corrected chi connectivity index (χ1v) is 15.1. The molecule has 3 heterocycles. The van der Waals surface area contributed by atoms with Crippen LogP contribution in [0.25, 0.3) is 0 Å². The van der Waals surface area contributed by atoms with Gasteiger partial charge in [0.1, 0.15) is 0 Å². The van der Waals surface area contributed by atoms with Crippen molar-refractivity contribution in [2.45, 2.75) is 76.4 Å². The summed E-state index contributed by atoms with van der Waals surface area (Å²) in [4.78, 5) is 38.4. The molecule has 16 nitrogen and oxygen atoms in total. The molecule has 5 N–H and O–H groups in total. The van der Waals surface area contributed by atoms with Crippen LogP contribution in [-0.4, -0.2) is 183 Å². The number of likely N-dealkylation sites (tertiary alicyclic amines) is 3. The first-order chi connectivity index (χ1) is 21.4. The van der Waals surface area contributed by atoms with Crippen LogP contribution in [0, 0.1) is 0 Å².